The highest BCUT2D eigenvalue weighted by atomic mass is 16.5. The molecule has 0 aliphatic rings. The third-order valence-electron chi connectivity index (χ3n) is 3.24. The van der Waals surface area contributed by atoms with E-state index in [1.165, 1.54) is 31.4 Å². The molecule has 3 aromatic rings. The summed E-state index contributed by atoms with van der Waals surface area (Å²) >= 11 is 0. The Labute approximate surface area is 124 Å². The standard InChI is InChI=1S/C16H12O6/c1-21-13-3-2-8(4-10(13)18)14-7-12(20)16-11(19)5-9(17)6-15(16)22-14/h2-7,17-19H,1H3/p-1. The first-order chi connectivity index (χ1) is 10.5. The first kappa shape index (κ1) is 13.8. The van der Waals surface area contributed by atoms with Gasteiger partial charge < -0.3 is 24.5 Å². The van der Waals surface area contributed by atoms with Crippen molar-refractivity contribution in [3.63, 3.8) is 0 Å². The van der Waals surface area contributed by atoms with Crippen LogP contribution in [0.2, 0.25) is 0 Å². The first-order valence-electron chi connectivity index (χ1n) is 6.35. The molecule has 0 amide bonds. The van der Waals surface area contributed by atoms with Gasteiger partial charge in [0.25, 0.3) is 0 Å². The maximum Gasteiger partial charge on any atom is 0.192 e. The molecule has 6 heteroatoms. The highest BCUT2D eigenvalue weighted by Crippen LogP contribution is 2.33. The van der Waals surface area contributed by atoms with Gasteiger partial charge in [0.1, 0.15) is 17.1 Å². The van der Waals surface area contributed by atoms with Gasteiger partial charge in [0.2, 0.25) is 0 Å². The maximum absolute atomic E-state index is 12.1. The van der Waals surface area contributed by atoms with Gasteiger partial charge in [-0.05, 0) is 24.3 Å². The van der Waals surface area contributed by atoms with Crippen LogP contribution in [0.1, 0.15) is 0 Å². The minimum absolute atomic E-state index is 0.0113. The van der Waals surface area contributed by atoms with Crippen molar-refractivity contribution in [1.29, 1.82) is 0 Å². The quantitative estimate of drug-likeness (QED) is 0.749. The van der Waals surface area contributed by atoms with Crippen molar-refractivity contribution in [2.24, 2.45) is 0 Å². The number of methoxy groups -OCH3 is 1. The second-order valence-electron chi connectivity index (χ2n) is 4.68. The summed E-state index contributed by atoms with van der Waals surface area (Å²) in [5.41, 5.74) is -0.0903. The van der Waals surface area contributed by atoms with Crippen LogP contribution in [0.4, 0.5) is 0 Å². The molecule has 0 bridgehead atoms. The van der Waals surface area contributed by atoms with Crippen molar-refractivity contribution in [3.8, 4) is 34.3 Å². The van der Waals surface area contributed by atoms with Crippen LogP contribution < -0.4 is 15.3 Å². The molecule has 0 spiro atoms. The molecule has 0 radical (unpaired) electrons. The Morgan fingerprint density at radius 3 is 2.59 bits per heavy atom. The van der Waals surface area contributed by atoms with Gasteiger partial charge in [0.05, 0.1) is 12.5 Å². The summed E-state index contributed by atoms with van der Waals surface area (Å²) < 4.78 is 10.5. The van der Waals surface area contributed by atoms with Crippen LogP contribution in [0.15, 0.2) is 45.6 Å². The SMILES string of the molecule is COc1ccc(-c2cc(=O)c3c([O-])cc(O)cc3o2)cc1O. The van der Waals surface area contributed by atoms with Crippen molar-refractivity contribution in [1.82, 2.24) is 0 Å². The Morgan fingerprint density at radius 2 is 1.91 bits per heavy atom. The summed E-state index contributed by atoms with van der Waals surface area (Å²) in [7, 11) is 1.42. The Hall–Kier alpha value is -3.15. The molecule has 0 saturated heterocycles. The molecule has 0 aliphatic heterocycles. The second-order valence-corrected chi connectivity index (χ2v) is 4.68. The van der Waals surface area contributed by atoms with Crippen LogP contribution in [0.25, 0.3) is 22.3 Å². The molecule has 0 unspecified atom stereocenters. The molecule has 3 rings (SSSR count). The maximum atomic E-state index is 12.1. The number of phenols is 2. The van der Waals surface area contributed by atoms with Gasteiger partial charge >= 0.3 is 0 Å². The summed E-state index contributed by atoms with van der Waals surface area (Å²) in [6.45, 7) is 0. The lowest BCUT2D eigenvalue weighted by molar-refractivity contribution is -0.266. The largest absolute Gasteiger partial charge is 0.872 e. The third-order valence-corrected chi connectivity index (χ3v) is 3.24. The highest BCUT2D eigenvalue weighted by molar-refractivity contribution is 5.85. The Kier molecular flexibility index (Phi) is 3.14. The molecule has 0 fully saturated rings. The number of ether oxygens (including phenoxy) is 1. The molecule has 0 atom stereocenters. The lowest BCUT2D eigenvalue weighted by Crippen LogP contribution is -2.04. The molecule has 0 aliphatic carbocycles. The average Bonchev–Trinajstić information content (AvgIpc) is 2.45. The van der Waals surface area contributed by atoms with Gasteiger partial charge in [-0.15, -0.1) is 0 Å². The summed E-state index contributed by atoms with van der Waals surface area (Å²) in [6, 6.07) is 7.83. The number of phenolic OH excluding ortho intramolecular Hbond substituents is 2. The zero-order chi connectivity index (χ0) is 15.9. The number of rotatable bonds is 2. The van der Waals surface area contributed by atoms with E-state index in [-0.39, 0.29) is 34.0 Å². The predicted octanol–water partition coefficient (Wildman–Crippen LogP) is 1.95. The molecule has 22 heavy (non-hydrogen) atoms. The molecular weight excluding hydrogens is 288 g/mol. The number of hydrogen-bond acceptors (Lipinski definition) is 6. The predicted molar refractivity (Wildman–Crippen MR) is 77.2 cm³/mol. The Bertz CT molecular complexity index is 926. The van der Waals surface area contributed by atoms with E-state index >= 15 is 0 Å². The summed E-state index contributed by atoms with van der Waals surface area (Å²) in [5, 5.41) is 30.8. The molecule has 0 saturated carbocycles. The normalized spacial score (nSPS) is 10.8. The molecule has 2 N–H and O–H groups in total. The van der Waals surface area contributed by atoms with Gasteiger partial charge in [-0.25, -0.2) is 0 Å². The van der Waals surface area contributed by atoms with Gasteiger partial charge in [0, 0.05) is 17.7 Å². The zero-order valence-electron chi connectivity index (χ0n) is 11.5. The van der Waals surface area contributed by atoms with Gasteiger partial charge in [-0.2, -0.15) is 0 Å². The van der Waals surface area contributed by atoms with E-state index in [0.717, 1.165) is 6.07 Å². The first-order valence-corrected chi connectivity index (χ1v) is 6.35. The molecule has 2 aromatic carbocycles. The fraction of sp³-hybridized carbons (Fsp3) is 0.0625. The Morgan fingerprint density at radius 1 is 1.14 bits per heavy atom. The molecule has 112 valence electrons. The minimum atomic E-state index is -0.604. The lowest BCUT2D eigenvalue weighted by Gasteiger charge is -2.11. The third kappa shape index (κ3) is 2.20. The van der Waals surface area contributed by atoms with Crippen molar-refractivity contribution >= 4 is 11.0 Å². The number of hydrogen-bond donors (Lipinski definition) is 2. The van der Waals surface area contributed by atoms with E-state index in [9.17, 15) is 20.1 Å². The van der Waals surface area contributed by atoms with E-state index in [0.29, 0.717) is 5.56 Å². The number of fused-ring (bicyclic) bond motifs is 1. The molecule has 1 aromatic heterocycles. The smallest absolute Gasteiger partial charge is 0.192 e. The zero-order valence-corrected chi connectivity index (χ0v) is 11.5. The molecule has 1 heterocycles. The number of benzene rings is 2. The van der Waals surface area contributed by atoms with E-state index in [4.69, 9.17) is 9.15 Å². The van der Waals surface area contributed by atoms with E-state index < -0.39 is 11.2 Å². The second kappa shape index (κ2) is 5.00. The summed E-state index contributed by atoms with van der Waals surface area (Å²) in [5.74, 6) is -0.543. The van der Waals surface area contributed by atoms with Crippen LogP contribution in [0, 0.1) is 0 Å². The number of aromatic hydroxyl groups is 2. The van der Waals surface area contributed by atoms with Crippen molar-refractivity contribution in [3.05, 3.63) is 46.6 Å². The van der Waals surface area contributed by atoms with Crippen LogP contribution in [-0.4, -0.2) is 17.3 Å². The lowest BCUT2D eigenvalue weighted by atomic mass is 10.1. The highest BCUT2D eigenvalue weighted by Gasteiger charge is 2.11. The fourth-order valence-corrected chi connectivity index (χ4v) is 2.22. The summed E-state index contributed by atoms with van der Waals surface area (Å²) in [6.07, 6.45) is 0. The van der Waals surface area contributed by atoms with Gasteiger partial charge in [-0.1, -0.05) is 5.75 Å². The summed E-state index contributed by atoms with van der Waals surface area (Å²) in [4.78, 5) is 12.1. The minimum Gasteiger partial charge on any atom is -0.872 e. The average molecular weight is 299 g/mol. The van der Waals surface area contributed by atoms with E-state index in [2.05, 4.69) is 0 Å². The van der Waals surface area contributed by atoms with Crippen molar-refractivity contribution in [2.45, 2.75) is 0 Å². The van der Waals surface area contributed by atoms with E-state index in [1.807, 2.05) is 0 Å². The van der Waals surface area contributed by atoms with Crippen LogP contribution in [0.3, 0.4) is 0 Å². The fourth-order valence-electron chi connectivity index (χ4n) is 2.22. The monoisotopic (exact) mass is 299 g/mol. The van der Waals surface area contributed by atoms with Gasteiger partial charge in [-0.3, -0.25) is 4.79 Å². The molecule has 6 nitrogen and oxygen atoms in total. The van der Waals surface area contributed by atoms with E-state index in [1.54, 1.807) is 6.07 Å². The van der Waals surface area contributed by atoms with Gasteiger partial charge in [0.15, 0.2) is 16.9 Å². The van der Waals surface area contributed by atoms with Crippen LogP contribution in [-0.2, 0) is 0 Å². The Balaban J connectivity index is 2.24. The topological polar surface area (TPSA) is 103 Å². The molecular formula is C16H11O6-. The van der Waals surface area contributed by atoms with Crippen LogP contribution in [0.5, 0.6) is 23.0 Å². The van der Waals surface area contributed by atoms with Crippen molar-refractivity contribution < 1.29 is 24.5 Å². The van der Waals surface area contributed by atoms with Crippen LogP contribution >= 0.6 is 0 Å². The van der Waals surface area contributed by atoms with Crippen molar-refractivity contribution in [2.75, 3.05) is 7.11 Å².